The van der Waals surface area contributed by atoms with Crippen molar-refractivity contribution in [3.63, 3.8) is 0 Å². The molecule has 0 amide bonds. The van der Waals surface area contributed by atoms with Gasteiger partial charge in [-0.05, 0) is 31.4 Å². The molecule has 3 rings (SSSR count). The normalized spacial score (nSPS) is 18.0. The molecule has 4 heteroatoms. The van der Waals surface area contributed by atoms with E-state index in [1.807, 2.05) is 18.2 Å². The number of hydrogen-bond donors (Lipinski definition) is 2. The number of aryl methyl sites for hydroxylation is 1. The summed E-state index contributed by atoms with van der Waals surface area (Å²) in [4.78, 5) is 19.4. The van der Waals surface area contributed by atoms with E-state index in [0.717, 1.165) is 49.1 Å². The smallest absolute Gasteiger partial charge is 0.258 e. The van der Waals surface area contributed by atoms with Gasteiger partial charge in [0.1, 0.15) is 5.82 Å². The van der Waals surface area contributed by atoms with Crippen molar-refractivity contribution in [2.24, 2.45) is 0 Å². The Bertz CT molecular complexity index is 798. The molecule has 0 aliphatic carbocycles. The second-order valence-corrected chi connectivity index (χ2v) is 5.60. The molecule has 0 saturated heterocycles. The van der Waals surface area contributed by atoms with Gasteiger partial charge in [0.25, 0.3) is 5.56 Å². The van der Waals surface area contributed by atoms with E-state index in [-0.39, 0.29) is 5.56 Å². The highest BCUT2D eigenvalue weighted by Crippen LogP contribution is 2.14. The van der Waals surface area contributed by atoms with Crippen LogP contribution in [0.2, 0.25) is 0 Å². The van der Waals surface area contributed by atoms with Crippen molar-refractivity contribution in [1.29, 1.82) is 0 Å². The molecule has 4 nitrogen and oxygen atoms in total. The number of hydrogen-bond acceptors (Lipinski definition) is 3. The third-order valence-electron chi connectivity index (χ3n) is 4.03. The first-order valence-corrected chi connectivity index (χ1v) is 7.63. The Morgan fingerprint density at radius 3 is 3.09 bits per heavy atom. The summed E-state index contributed by atoms with van der Waals surface area (Å²) >= 11 is 0. The summed E-state index contributed by atoms with van der Waals surface area (Å²) in [6, 6.07) is 7.84. The molecule has 2 heterocycles. The average Bonchev–Trinajstić information content (AvgIpc) is 2.55. The minimum atomic E-state index is -0.0612. The van der Waals surface area contributed by atoms with Gasteiger partial charge in [-0.1, -0.05) is 24.1 Å². The van der Waals surface area contributed by atoms with Crippen molar-refractivity contribution < 1.29 is 0 Å². The van der Waals surface area contributed by atoms with Crippen LogP contribution in [-0.4, -0.2) is 22.6 Å². The second kappa shape index (κ2) is 6.59. The molecule has 1 aromatic heterocycles. The van der Waals surface area contributed by atoms with Crippen LogP contribution >= 0.6 is 0 Å². The number of para-hydroxylation sites is 1. The van der Waals surface area contributed by atoms with E-state index in [1.165, 1.54) is 0 Å². The van der Waals surface area contributed by atoms with Crippen LogP contribution in [0.15, 0.2) is 40.7 Å². The van der Waals surface area contributed by atoms with Crippen molar-refractivity contribution in [2.75, 3.05) is 6.54 Å². The first-order valence-electron chi connectivity index (χ1n) is 7.63. The molecule has 0 bridgehead atoms. The lowest BCUT2D eigenvalue weighted by atomic mass is 9.98. The third-order valence-corrected chi connectivity index (χ3v) is 4.03. The molecule has 22 heavy (non-hydrogen) atoms. The number of aromatic amines is 1. The molecule has 112 valence electrons. The summed E-state index contributed by atoms with van der Waals surface area (Å²) < 4.78 is 0. The highest BCUT2D eigenvalue weighted by atomic mass is 16.1. The van der Waals surface area contributed by atoms with Gasteiger partial charge in [-0.2, -0.15) is 0 Å². The van der Waals surface area contributed by atoms with Gasteiger partial charge in [0.15, 0.2) is 0 Å². The minimum Gasteiger partial charge on any atom is -0.310 e. The highest BCUT2D eigenvalue weighted by Gasteiger charge is 2.13. The van der Waals surface area contributed by atoms with Crippen LogP contribution in [0.5, 0.6) is 0 Å². The van der Waals surface area contributed by atoms with E-state index in [2.05, 4.69) is 27.3 Å². The molecule has 0 saturated carbocycles. The lowest BCUT2D eigenvalue weighted by Gasteiger charge is -2.21. The lowest BCUT2D eigenvalue weighted by molar-refractivity contribution is 0.470. The summed E-state index contributed by atoms with van der Waals surface area (Å²) in [6.45, 7) is 0.843. The number of aromatic nitrogens is 2. The maximum Gasteiger partial charge on any atom is 0.258 e. The van der Waals surface area contributed by atoms with Crippen LogP contribution < -0.4 is 10.9 Å². The van der Waals surface area contributed by atoms with Crippen LogP contribution in [-0.2, 0) is 6.42 Å². The Morgan fingerprint density at radius 2 is 2.23 bits per heavy atom. The topological polar surface area (TPSA) is 57.8 Å². The number of terminal acetylenes is 1. The Kier molecular flexibility index (Phi) is 4.36. The fraction of sp³-hybridized carbons (Fsp3) is 0.333. The first-order chi connectivity index (χ1) is 10.8. The molecule has 1 atom stereocenters. The Morgan fingerprint density at radius 1 is 1.36 bits per heavy atom. The molecule has 2 N–H and O–H groups in total. The van der Waals surface area contributed by atoms with Crippen LogP contribution in [0.1, 0.15) is 25.1 Å². The molecule has 1 aliphatic heterocycles. The standard InChI is InChI=1S/C18H19N3O/c1-2-13-10-11-19-14(12-13)6-5-9-17-20-16-8-4-3-7-15(16)18(22)21-17/h1,3-4,7-8,10,14,19H,5-6,9,11-12H2,(H,20,21,22). The summed E-state index contributed by atoms with van der Waals surface area (Å²) in [5, 5.41) is 4.09. The van der Waals surface area contributed by atoms with Crippen LogP contribution in [0.4, 0.5) is 0 Å². The third kappa shape index (κ3) is 3.26. The van der Waals surface area contributed by atoms with Crippen molar-refractivity contribution in [3.8, 4) is 12.3 Å². The number of fused-ring (bicyclic) bond motifs is 1. The van der Waals surface area contributed by atoms with Crippen molar-refractivity contribution in [1.82, 2.24) is 15.3 Å². The van der Waals surface area contributed by atoms with E-state index in [9.17, 15) is 4.79 Å². The van der Waals surface area contributed by atoms with E-state index in [0.29, 0.717) is 11.4 Å². The van der Waals surface area contributed by atoms with Crippen molar-refractivity contribution >= 4 is 10.9 Å². The quantitative estimate of drug-likeness (QED) is 0.849. The average molecular weight is 293 g/mol. The Balaban J connectivity index is 1.62. The number of benzene rings is 1. The van der Waals surface area contributed by atoms with Crippen LogP contribution in [0, 0.1) is 12.3 Å². The molecular weight excluding hydrogens is 274 g/mol. The molecule has 0 radical (unpaired) electrons. The fourth-order valence-electron chi connectivity index (χ4n) is 2.86. The summed E-state index contributed by atoms with van der Waals surface area (Å²) in [5.74, 6) is 3.49. The molecule has 1 unspecified atom stereocenters. The van der Waals surface area contributed by atoms with E-state index in [1.54, 1.807) is 6.07 Å². The summed E-state index contributed by atoms with van der Waals surface area (Å²) in [5.41, 5.74) is 1.78. The van der Waals surface area contributed by atoms with Gasteiger partial charge in [0.2, 0.25) is 0 Å². The monoisotopic (exact) mass is 293 g/mol. The predicted molar refractivity (Wildman–Crippen MR) is 88.6 cm³/mol. The Hall–Kier alpha value is -2.38. The zero-order chi connectivity index (χ0) is 15.4. The van der Waals surface area contributed by atoms with Crippen LogP contribution in [0.25, 0.3) is 10.9 Å². The maximum atomic E-state index is 12.0. The predicted octanol–water partition coefficient (Wildman–Crippen LogP) is 2.17. The zero-order valence-electron chi connectivity index (χ0n) is 12.4. The van der Waals surface area contributed by atoms with Crippen LogP contribution in [0.3, 0.4) is 0 Å². The lowest BCUT2D eigenvalue weighted by Crippen LogP contribution is -2.33. The zero-order valence-corrected chi connectivity index (χ0v) is 12.4. The van der Waals surface area contributed by atoms with Gasteiger partial charge < -0.3 is 10.3 Å². The van der Waals surface area contributed by atoms with Gasteiger partial charge >= 0.3 is 0 Å². The highest BCUT2D eigenvalue weighted by molar-refractivity contribution is 5.77. The molecule has 1 aliphatic rings. The minimum absolute atomic E-state index is 0.0612. The SMILES string of the molecule is C#CC1=CCNC(CCCc2nc3ccccc3c(=O)[nH]2)C1. The van der Waals surface area contributed by atoms with E-state index < -0.39 is 0 Å². The second-order valence-electron chi connectivity index (χ2n) is 5.60. The largest absolute Gasteiger partial charge is 0.310 e. The number of nitrogens with one attached hydrogen (secondary N) is 2. The number of H-pyrrole nitrogens is 1. The molecule has 0 fully saturated rings. The van der Waals surface area contributed by atoms with Gasteiger partial charge in [0, 0.05) is 24.6 Å². The number of rotatable bonds is 4. The van der Waals surface area contributed by atoms with Crippen molar-refractivity contribution in [3.05, 3.63) is 52.1 Å². The molecular formula is C18H19N3O. The first kappa shape index (κ1) is 14.6. The fourth-order valence-corrected chi connectivity index (χ4v) is 2.86. The summed E-state index contributed by atoms with van der Waals surface area (Å²) in [6.07, 6.45) is 11.2. The molecule has 0 spiro atoms. The van der Waals surface area contributed by atoms with Crippen molar-refractivity contribution in [2.45, 2.75) is 31.7 Å². The molecule has 2 aromatic rings. The van der Waals surface area contributed by atoms with Gasteiger partial charge in [0.05, 0.1) is 10.9 Å². The summed E-state index contributed by atoms with van der Waals surface area (Å²) in [7, 11) is 0. The Labute approximate surface area is 129 Å². The van der Waals surface area contributed by atoms with Gasteiger partial charge in [-0.3, -0.25) is 4.79 Å². The molecule has 1 aromatic carbocycles. The van der Waals surface area contributed by atoms with E-state index in [4.69, 9.17) is 6.42 Å². The van der Waals surface area contributed by atoms with Gasteiger partial charge in [-0.15, -0.1) is 6.42 Å². The van der Waals surface area contributed by atoms with Gasteiger partial charge in [-0.25, -0.2) is 4.98 Å². The number of nitrogens with zero attached hydrogens (tertiary/aromatic N) is 1. The maximum absolute atomic E-state index is 12.0. The van der Waals surface area contributed by atoms with E-state index >= 15 is 0 Å².